The van der Waals surface area contributed by atoms with Crippen molar-refractivity contribution >= 4 is 15.7 Å². The lowest BCUT2D eigenvalue weighted by Gasteiger charge is -2.27. The maximum atomic E-state index is 11.6. The summed E-state index contributed by atoms with van der Waals surface area (Å²) in [6.45, 7) is 6.30. The number of pyridine rings is 1. The van der Waals surface area contributed by atoms with E-state index in [1.165, 1.54) is 6.07 Å². The Hall–Kier alpha value is -1.14. The highest BCUT2D eigenvalue weighted by Gasteiger charge is 2.22. The molecule has 1 aromatic heterocycles. The Morgan fingerprint density at radius 2 is 2.11 bits per heavy atom. The van der Waals surface area contributed by atoms with E-state index in [1.54, 1.807) is 19.2 Å². The van der Waals surface area contributed by atoms with E-state index in [2.05, 4.69) is 10.3 Å². The Kier molecular flexibility index (Phi) is 4.92. The minimum Gasteiger partial charge on any atom is -0.393 e. The summed E-state index contributed by atoms with van der Waals surface area (Å²) in [5.74, 6) is 0.365. The van der Waals surface area contributed by atoms with Crippen LogP contribution < -0.4 is 5.32 Å². The number of sulfone groups is 1. The van der Waals surface area contributed by atoms with Crippen molar-refractivity contribution in [2.45, 2.75) is 38.2 Å². The summed E-state index contributed by atoms with van der Waals surface area (Å²) < 4.78 is 23.3. The fourth-order valence-electron chi connectivity index (χ4n) is 2.02. The zero-order valence-electron chi connectivity index (χ0n) is 11.8. The highest BCUT2D eigenvalue weighted by molar-refractivity contribution is 7.90. The summed E-state index contributed by atoms with van der Waals surface area (Å²) in [5, 5.41) is 12.5. The van der Waals surface area contributed by atoms with E-state index in [0.717, 1.165) is 6.26 Å². The van der Waals surface area contributed by atoms with Crippen LogP contribution in [0.2, 0.25) is 0 Å². The van der Waals surface area contributed by atoms with Crippen molar-refractivity contribution < 1.29 is 13.5 Å². The van der Waals surface area contributed by atoms with E-state index in [0.29, 0.717) is 18.8 Å². The van der Waals surface area contributed by atoms with Gasteiger partial charge in [0.25, 0.3) is 0 Å². The van der Waals surface area contributed by atoms with E-state index in [4.69, 9.17) is 0 Å². The van der Waals surface area contributed by atoms with Crippen molar-refractivity contribution in [2.24, 2.45) is 5.41 Å². The Morgan fingerprint density at radius 1 is 1.47 bits per heavy atom. The molecule has 0 aliphatic heterocycles. The first-order chi connectivity index (χ1) is 8.62. The Bertz CT molecular complexity index is 524. The molecule has 1 rings (SSSR count). The molecule has 6 heteroatoms. The fourth-order valence-corrected chi connectivity index (χ4v) is 2.82. The van der Waals surface area contributed by atoms with Crippen molar-refractivity contribution in [3.63, 3.8) is 0 Å². The molecule has 108 valence electrons. The topological polar surface area (TPSA) is 79.3 Å². The maximum Gasteiger partial charge on any atom is 0.179 e. The average molecular weight is 286 g/mol. The zero-order chi connectivity index (χ0) is 14.7. The standard InChI is InChI=1S/C13H22N2O3S/c1-10(16)8-13(2,3)9-15-12-11(19(4,17)18)6-5-7-14-12/h5-7,10,16H,8-9H2,1-4H3,(H,14,15). The van der Waals surface area contributed by atoms with Crippen molar-refractivity contribution in [3.05, 3.63) is 18.3 Å². The lowest BCUT2D eigenvalue weighted by Crippen LogP contribution is -2.27. The van der Waals surface area contributed by atoms with Crippen LogP contribution in [0.3, 0.4) is 0 Å². The molecular weight excluding hydrogens is 264 g/mol. The van der Waals surface area contributed by atoms with E-state index in [9.17, 15) is 13.5 Å². The van der Waals surface area contributed by atoms with Crippen LogP contribution in [0.5, 0.6) is 0 Å². The summed E-state index contributed by atoms with van der Waals surface area (Å²) in [4.78, 5) is 4.27. The lowest BCUT2D eigenvalue weighted by atomic mass is 9.87. The van der Waals surface area contributed by atoms with Crippen molar-refractivity contribution in [2.75, 3.05) is 18.1 Å². The Labute approximate surface area is 115 Å². The second-order valence-electron chi connectivity index (χ2n) is 5.69. The van der Waals surface area contributed by atoms with Gasteiger partial charge in [-0.1, -0.05) is 13.8 Å². The normalized spacial score (nSPS) is 14.2. The molecule has 0 fully saturated rings. The third-order valence-electron chi connectivity index (χ3n) is 2.75. The van der Waals surface area contributed by atoms with Gasteiger partial charge in [-0.25, -0.2) is 13.4 Å². The third-order valence-corrected chi connectivity index (χ3v) is 3.88. The number of aliphatic hydroxyl groups excluding tert-OH is 1. The van der Waals surface area contributed by atoms with Crippen LogP contribution in [0.4, 0.5) is 5.82 Å². The predicted octanol–water partition coefficient (Wildman–Crippen LogP) is 1.69. The number of aliphatic hydroxyl groups is 1. The largest absolute Gasteiger partial charge is 0.393 e. The van der Waals surface area contributed by atoms with Gasteiger partial charge in [0.2, 0.25) is 0 Å². The van der Waals surface area contributed by atoms with Gasteiger partial charge in [-0.3, -0.25) is 0 Å². The van der Waals surface area contributed by atoms with Gasteiger partial charge in [-0.15, -0.1) is 0 Å². The number of anilines is 1. The summed E-state index contributed by atoms with van der Waals surface area (Å²) in [6, 6.07) is 3.13. The van der Waals surface area contributed by atoms with Crippen molar-refractivity contribution in [3.8, 4) is 0 Å². The number of hydrogen-bond acceptors (Lipinski definition) is 5. The molecule has 2 N–H and O–H groups in total. The second-order valence-corrected chi connectivity index (χ2v) is 7.68. The van der Waals surface area contributed by atoms with E-state index >= 15 is 0 Å². The van der Waals surface area contributed by atoms with Crippen LogP contribution in [0.1, 0.15) is 27.2 Å². The molecule has 0 aliphatic rings. The van der Waals surface area contributed by atoms with Gasteiger partial charge in [0.15, 0.2) is 9.84 Å². The molecule has 1 unspecified atom stereocenters. The first-order valence-corrected chi connectivity index (χ1v) is 8.08. The third kappa shape index (κ3) is 5.16. The molecule has 0 aliphatic carbocycles. The lowest BCUT2D eigenvalue weighted by molar-refractivity contribution is 0.135. The monoisotopic (exact) mass is 286 g/mol. The van der Waals surface area contributed by atoms with Gasteiger partial charge in [-0.2, -0.15) is 0 Å². The Balaban J connectivity index is 2.85. The molecule has 1 heterocycles. The number of rotatable bonds is 6. The number of nitrogens with zero attached hydrogens (tertiary/aromatic N) is 1. The predicted molar refractivity (Wildman–Crippen MR) is 75.9 cm³/mol. The van der Waals surface area contributed by atoms with Gasteiger partial charge in [0, 0.05) is 19.0 Å². The molecule has 0 saturated carbocycles. The number of aromatic nitrogens is 1. The van der Waals surface area contributed by atoms with Crippen LogP contribution >= 0.6 is 0 Å². The minimum absolute atomic E-state index is 0.152. The molecular formula is C13H22N2O3S. The van der Waals surface area contributed by atoms with Gasteiger partial charge in [0.1, 0.15) is 10.7 Å². The molecule has 1 aromatic rings. The van der Waals surface area contributed by atoms with Gasteiger partial charge in [0.05, 0.1) is 6.10 Å². The van der Waals surface area contributed by atoms with E-state index in [-0.39, 0.29) is 10.3 Å². The number of nitrogens with one attached hydrogen (secondary N) is 1. The Morgan fingerprint density at radius 3 is 2.63 bits per heavy atom. The average Bonchev–Trinajstić information content (AvgIpc) is 2.24. The highest BCUT2D eigenvalue weighted by Crippen LogP contribution is 2.24. The molecule has 0 radical (unpaired) electrons. The first kappa shape index (κ1) is 15.9. The maximum absolute atomic E-state index is 11.6. The van der Waals surface area contributed by atoms with Crippen molar-refractivity contribution in [1.82, 2.24) is 4.98 Å². The minimum atomic E-state index is -3.30. The molecule has 0 saturated heterocycles. The molecule has 1 atom stereocenters. The van der Waals surface area contributed by atoms with Gasteiger partial charge in [-0.05, 0) is 30.9 Å². The van der Waals surface area contributed by atoms with Crippen LogP contribution in [0.25, 0.3) is 0 Å². The molecule has 5 nitrogen and oxygen atoms in total. The van der Waals surface area contributed by atoms with Crippen LogP contribution in [0.15, 0.2) is 23.2 Å². The van der Waals surface area contributed by atoms with Crippen molar-refractivity contribution in [1.29, 1.82) is 0 Å². The zero-order valence-corrected chi connectivity index (χ0v) is 12.7. The van der Waals surface area contributed by atoms with Gasteiger partial charge < -0.3 is 10.4 Å². The molecule has 0 aromatic carbocycles. The molecule has 0 amide bonds. The SMILES string of the molecule is CC(O)CC(C)(C)CNc1ncccc1S(C)(=O)=O. The highest BCUT2D eigenvalue weighted by atomic mass is 32.2. The summed E-state index contributed by atoms with van der Waals surface area (Å²) in [6.07, 6.45) is 2.95. The van der Waals surface area contributed by atoms with E-state index < -0.39 is 15.9 Å². The van der Waals surface area contributed by atoms with Gasteiger partial charge >= 0.3 is 0 Å². The summed E-state index contributed by atoms with van der Waals surface area (Å²) >= 11 is 0. The summed E-state index contributed by atoms with van der Waals surface area (Å²) in [7, 11) is -3.30. The summed E-state index contributed by atoms with van der Waals surface area (Å²) in [5.41, 5.74) is -0.152. The number of hydrogen-bond donors (Lipinski definition) is 2. The fraction of sp³-hybridized carbons (Fsp3) is 0.615. The molecule has 19 heavy (non-hydrogen) atoms. The van der Waals surface area contributed by atoms with E-state index in [1.807, 2.05) is 13.8 Å². The van der Waals surface area contributed by atoms with Crippen LogP contribution in [-0.2, 0) is 9.84 Å². The second kappa shape index (κ2) is 5.88. The van der Waals surface area contributed by atoms with Crippen LogP contribution in [-0.4, -0.2) is 37.4 Å². The molecule has 0 bridgehead atoms. The molecule has 0 spiro atoms. The quantitative estimate of drug-likeness (QED) is 0.832. The first-order valence-electron chi connectivity index (χ1n) is 6.19. The smallest absolute Gasteiger partial charge is 0.179 e. The van der Waals surface area contributed by atoms with Crippen LogP contribution in [0, 0.1) is 5.41 Å².